The number of esters is 1. The summed E-state index contributed by atoms with van der Waals surface area (Å²) in [5.41, 5.74) is 0.111. The first-order valence-electron chi connectivity index (χ1n) is 5.68. The number of carbonyl (C=O) groups excluding carboxylic acids is 2. The molecule has 0 aliphatic heterocycles. The van der Waals surface area contributed by atoms with Crippen molar-refractivity contribution in [2.75, 3.05) is 6.61 Å². The summed E-state index contributed by atoms with van der Waals surface area (Å²) in [6.07, 6.45) is 1.67. The van der Waals surface area contributed by atoms with Crippen LogP contribution in [-0.2, 0) is 14.3 Å². The van der Waals surface area contributed by atoms with Gasteiger partial charge in [-0.1, -0.05) is 13.8 Å². The summed E-state index contributed by atoms with van der Waals surface area (Å²) < 4.78 is 4.93. The van der Waals surface area contributed by atoms with Crippen LogP contribution < -0.4 is 0 Å². The van der Waals surface area contributed by atoms with Crippen molar-refractivity contribution in [2.45, 2.75) is 33.6 Å². The second-order valence-corrected chi connectivity index (χ2v) is 5.25. The third-order valence-corrected chi connectivity index (χ3v) is 4.25. The Balaban J connectivity index is 2.09. The van der Waals surface area contributed by atoms with E-state index in [1.807, 2.05) is 0 Å². The van der Waals surface area contributed by atoms with Gasteiger partial charge in [-0.15, -0.1) is 0 Å². The van der Waals surface area contributed by atoms with Gasteiger partial charge in [0.2, 0.25) is 0 Å². The molecule has 0 aromatic carbocycles. The van der Waals surface area contributed by atoms with Crippen molar-refractivity contribution in [1.82, 2.24) is 0 Å². The van der Waals surface area contributed by atoms with E-state index in [4.69, 9.17) is 4.74 Å². The Morgan fingerprint density at radius 1 is 1.47 bits per heavy atom. The summed E-state index contributed by atoms with van der Waals surface area (Å²) in [6.45, 7) is 6.40. The van der Waals surface area contributed by atoms with E-state index in [1.54, 1.807) is 6.92 Å². The molecule has 3 aliphatic carbocycles. The van der Waals surface area contributed by atoms with Gasteiger partial charge in [-0.25, -0.2) is 0 Å². The molecule has 0 N–H and O–H groups in total. The van der Waals surface area contributed by atoms with Crippen LogP contribution >= 0.6 is 0 Å². The molecule has 15 heavy (non-hydrogen) atoms. The van der Waals surface area contributed by atoms with Crippen LogP contribution in [0.1, 0.15) is 33.6 Å². The van der Waals surface area contributed by atoms with Crippen molar-refractivity contribution in [1.29, 1.82) is 0 Å². The zero-order chi connectivity index (χ0) is 11.2. The summed E-state index contributed by atoms with van der Waals surface area (Å²) in [7, 11) is 0. The number of hydrogen-bond acceptors (Lipinski definition) is 3. The molecule has 2 bridgehead atoms. The van der Waals surface area contributed by atoms with E-state index < -0.39 is 5.92 Å². The van der Waals surface area contributed by atoms with Gasteiger partial charge in [0.1, 0.15) is 5.92 Å². The van der Waals surface area contributed by atoms with Gasteiger partial charge in [-0.2, -0.15) is 0 Å². The number of Topliss-reactive ketones (excluding diaryl/α,β-unsaturated/α-hetero) is 1. The Morgan fingerprint density at radius 3 is 2.60 bits per heavy atom. The molecule has 3 nitrogen and oxygen atoms in total. The minimum Gasteiger partial charge on any atom is -0.465 e. The van der Waals surface area contributed by atoms with Gasteiger partial charge in [0, 0.05) is 5.92 Å². The maximum Gasteiger partial charge on any atom is 0.316 e. The smallest absolute Gasteiger partial charge is 0.316 e. The molecule has 0 heterocycles. The Hall–Kier alpha value is -0.860. The van der Waals surface area contributed by atoms with E-state index in [2.05, 4.69) is 13.8 Å². The lowest BCUT2D eigenvalue weighted by Gasteiger charge is -2.56. The fourth-order valence-electron chi connectivity index (χ4n) is 3.00. The molecule has 1 unspecified atom stereocenters. The molecule has 3 fully saturated rings. The highest BCUT2D eigenvalue weighted by atomic mass is 16.5. The van der Waals surface area contributed by atoms with Crippen molar-refractivity contribution in [3.8, 4) is 0 Å². The maximum atomic E-state index is 12.0. The van der Waals surface area contributed by atoms with Crippen molar-refractivity contribution in [3.05, 3.63) is 0 Å². The summed E-state index contributed by atoms with van der Waals surface area (Å²) in [6, 6.07) is 0. The van der Waals surface area contributed by atoms with E-state index >= 15 is 0 Å². The summed E-state index contributed by atoms with van der Waals surface area (Å²) in [4.78, 5) is 23.5. The van der Waals surface area contributed by atoms with Gasteiger partial charge < -0.3 is 4.74 Å². The van der Waals surface area contributed by atoms with Crippen molar-refractivity contribution in [3.63, 3.8) is 0 Å². The fraction of sp³-hybridized carbons (Fsp3) is 0.833. The predicted octanol–water partition coefficient (Wildman–Crippen LogP) is 1.80. The molecular formula is C12H18O3. The molecule has 3 rings (SSSR count). The average molecular weight is 210 g/mol. The molecule has 0 spiro atoms. The fourth-order valence-corrected chi connectivity index (χ4v) is 3.00. The SMILES string of the molecule is CCOC(=O)C1C[C@H]2C[C@@H](C1=O)C2(C)C. The minimum absolute atomic E-state index is 0.0886. The lowest BCUT2D eigenvalue weighted by Crippen LogP contribution is -2.57. The summed E-state index contributed by atoms with van der Waals surface area (Å²) in [5.74, 6) is -0.0596. The monoisotopic (exact) mass is 210 g/mol. The zero-order valence-electron chi connectivity index (χ0n) is 9.58. The van der Waals surface area contributed by atoms with Crippen LogP contribution in [0.25, 0.3) is 0 Å². The van der Waals surface area contributed by atoms with E-state index in [0.29, 0.717) is 18.9 Å². The van der Waals surface area contributed by atoms with Gasteiger partial charge in [-0.3, -0.25) is 9.59 Å². The molecular weight excluding hydrogens is 192 g/mol. The highest BCUT2D eigenvalue weighted by Gasteiger charge is 2.59. The van der Waals surface area contributed by atoms with Crippen LogP contribution in [0.3, 0.4) is 0 Å². The molecule has 0 saturated heterocycles. The Bertz CT molecular complexity index is 306. The lowest BCUT2D eigenvalue weighted by molar-refractivity contribution is -0.170. The van der Waals surface area contributed by atoms with E-state index in [9.17, 15) is 9.59 Å². The number of ketones is 1. The van der Waals surface area contributed by atoms with Crippen LogP contribution in [-0.4, -0.2) is 18.4 Å². The van der Waals surface area contributed by atoms with Crippen LogP contribution in [0, 0.1) is 23.2 Å². The third-order valence-electron chi connectivity index (χ3n) is 4.25. The zero-order valence-corrected chi connectivity index (χ0v) is 9.58. The number of rotatable bonds is 2. The van der Waals surface area contributed by atoms with Crippen molar-refractivity contribution in [2.24, 2.45) is 23.2 Å². The molecule has 0 aromatic heterocycles. The maximum absolute atomic E-state index is 12.0. The van der Waals surface area contributed by atoms with Gasteiger partial charge in [0.15, 0.2) is 5.78 Å². The molecule has 0 aromatic rings. The lowest BCUT2D eigenvalue weighted by atomic mass is 9.46. The van der Waals surface area contributed by atoms with Crippen LogP contribution in [0.2, 0.25) is 0 Å². The highest BCUT2D eigenvalue weighted by Crippen LogP contribution is 2.59. The largest absolute Gasteiger partial charge is 0.465 e. The Morgan fingerprint density at radius 2 is 2.13 bits per heavy atom. The molecule has 3 aliphatic rings. The first kappa shape index (κ1) is 10.7. The first-order valence-corrected chi connectivity index (χ1v) is 5.68. The summed E-state index contributed by atoms with van der Waals surface area (Å²) in [5, 5.41) is 0. The standard InChI is InChI=1S/C12H18O3/c1-4-15-11(14)8-5-7-6-9(10(8)13)12(7,2)3/h7-9H,4-6H2,1-3H3/t7-,8?,9-/m0/s1. The normalized spacial score (nSPS) is 37.0. The Kier molecular flexibility index (Phi) is 2.36. The Labute approximate surface area is 90.2 Å². The van der Waals surface area contributed by atoms with E-state index in [0.717, 1.165) is 6.42 Å². The number of hydrogen-bond donors (Lipinski definition) is 0. The van der Waals surface area contributed by atoms with E-state index in [1.165, 1.54) is 0 Å². The quantitative estimate of drug-likeness (QED) is 0.515. The van der Waals surface area contributed by atoms with E-state index in [-0.39, 0.29) is 23.1 Å². The van der Waals surface area contributed by atoms with Crippen molar-refractivity contribution >= 4 is 11.8 Å². The number of ether oxygens (including phenoxy) is 1. The molecule has 3 heteroatoms. The van der Waals surface area contributed by atoms with Gasteiger partial charge >= 0.3 is 5.97 Å². The molecule has 0 amide bonds. The van der Waals surface area contributed by atoms with Gasteiger partial charge in [-0.05, 0) is 31.1 Å². The average Bonchev–Trinajstić information content (AvgIpc) is 2.17. The topological polar surface area (TPSA) is 43.4 Å². The summed E-state index contributed by atoms with van der Waals surface area (Å²) >= 11 is 0. The first-order chi connectivity index (χ1) is 6.98. The second kappa shape index (κ2) is 3.32. The van der Waals surface area contributed by atoms with Crippen LogP contribution in [0.4, 0.5) is 0 Å². The molecule has 84 valence electrons. The molecule has 3 atom stereocenters. The van der Waals surface area contributed by atoms with Crippen LogP contribution in [0.5, 0.6) is 0 Å². The minimum atomic E-state index is -0.471. The van der Waals surface area contributed by atoms with Gasteiger partial charge in [0.25, 0.3) is 0 Å². The number of carbonyl (C=O) groups is 2. The second-order valence-electron chi connectivity index (χ2n) is 5.25. The van der Waals surface area contributed by atoms with Crippen LogP contribution in [0.15, 0.2) is 0 Å². The highest BCUT2D eigenvalue weighted by molar-refractivity contribution is 6.02. The predicted molar refractivity (Wildman–Crippen MR) is 55.1 cm³/mol. The third kappa shape index (κ3) is 1.40. The molecule has 0 radical (unpaired) electrons. The molecule has 3 saturated carbocycles. The van der Waals surface area contributed by atoms with Gasteiger partial charge in [0.05, 0.1) is 6.61 Å². The number of fused-ring (bicyclic) bond motifs is 2. The van der Waals surface area contributed by atoms with Crippen molar-refractivity contribution < 1.29 is 14.3 Å².